The molecule has 0 aliphatic carbocycles. The van der Waals surface area contributed by atoms with Crippen molar-refractivity contribution in [2.45, 2.75) is 12.8 Å². The summed E-state index contributed by atoms with van der Waals surface area (Å²) in [6.07, 6.45) is 5.16. The second-order valence-electron chi connectivity index (χ2n) is 3.55. The van der Waals surface area contributed by atoms with Crippen LogP contribution in [-0.2, 0) is 4.74 Å². The summed E-state index contributed by atoms with van der Waals surface area (Å²) in [6, 6.07) is 0. The van der Waals surface area contributed by atoms with Gasteiger partial charge in [0.2, 0.25) is 5.88 Å². The van der Waals surface area contributed by atoms with Crippen LogP contribution in [0, 0.1) is 5.92 Å². The van der Waals surface area contributed by atoms with E-state index in [-0.39, 0.29) is 0 Å². The molecule has 0 N–H and O–H groups in total. The molecule has 0 unspecified atom stereocenters. The van der Waals surface area contributed by atoms with Crippen LogP contribution in [0.5, 0.6) is 5.88 Å². The normalized spacial score (nSPS) is 17.7. The molecule has 1 aromatic heterocycles. The molecule has 15 heavy (non-hydrogen) atoms. The third kappa shape index (κ3) is 3.32. The third-order valence-electron chi connectivity index (χ3n) is 2.39. The van der Waals surface area contributed by atoms with Gasteiger partial charge in [0, 0.05) is 13.2 Å². The highest BCUT2D eigenvalue weighted by Crippen LogP contribution is 2.16. The molecule has 0 atom stereocenters. The lowest BCUT2D eigenvalue weighted by Gasteiger charge is -2.21. The molecule has 2 rings (SSSR count). The molecule has 82 valence electrons. The van der Waals surface area contributed by atoms with E-state index in [1.54, 1.807) is 6.20 Å². The average Bonchev–Trinajstić information content (AvgIpc) is 2.28. The van der Waals surface area contributed by atoms with Gasteiger partial charge in [-0.1, -0.05) is 11.6 Å². The number of hydrogen-bond acceptors (Lipinski definition) is 4. The van der Waals surface area contributed by atoms with Gasteiger partial charge in [0.05, 0.1) is 19.0 Å². The zero-order chi connectivity index (χ0) is 10.5. The van der Waals surface area contributed by atoms with Crippen LogP contribution in [0.3, 0.4) is 0 Å². The van der Waals surface area contributed by atoms with E-state index in [9.17, 15) is 0 Å². The van der Waals surface area contributed by atoms with Crippen molar-refractivity contribution in [2.75, 3.05) is 19.8 Å². The van der Waals surface area contributed by atoms with Crippen molar-refractivity contribution in [1.82, 2.24) is 9.97 Å². The SMILES string of the molecule is Clc1cncc(OCC2CCOCC2)n1. The summed E-state index contributed by atoms with van der Waals surface area (Å²) >= 11 is 5.69. The maximum Gasteiger partial charge on any atom is 0.233 e. The quantitative estimate of drug-likeness (QED) is 0.793. The predicted octanol–water partition coefficient (Wildman–Crippen LogP) is 1.94. The van der Waals surface area contributed by atoms with E-state index in [0.717, 1.165) is 26.1 Å². The van der Waals surface area contributed by atoms with E-state index in [1.807, 2.05) is 0 Å². The fourth-order valence-corrected chi connectivity index (χ4v) is 1.65. The van der Waals surface area contributed by atoms with Gasteiger partial charge in [-0.15, -0.1) is 0 Å². The molecule has 0 radical (unpaired) electrons. The smallest absolute Gasteiger partial charge is 0.233 e. The number of nitrogens with zero attached hydrogens (tertiary/aromatic N) is 2. The van der Waals surface area contributed by atoms with Crippen molar-refractivity contribution in [1.29, 1.82) is 0 Å². The molecule has 1 aliphatic rings. The highest BCUT2D eigenvalue weighted by atomic mass is 35.5. The number of ether oxygens (including phenoxy) is 2. The van der Waals surface area contributed by atoms with E-state index in [2.05, 4.69) is 9.97 Å². The van der Waals surface area contributed by atoms with E-state index in [4.69, 9.17) is 21.1 Å². The molecule has 1 fully saturated rings. The van der Waals surface area contributed by atoms with Crippen molar-refractivity contribution < 1.29 is 9.47 Å². The summed E-state index contributed by atoms with van der Waals surface area (Å²) in [4.78, 5) is 7.91. The summed E-state index contributed by atoms with van der Waals surface area (Å²) in [6.45, 7) is 2.32. The van der Waals surface area contributed by atoms with Crippen LogP contribution in [-0.4, -0.2) is 29.8 Å². The Morgan fingerprint density at radius 2 is 2.20 bits per heavy atom. The fraction of sp³-hybridized carbons (Fsp3) is 0.600. The van der Waals surface area contributed by atoms with Gasteiger partial charge in [-0.2, -0.15) is 4.98 Å². The first-order chi connectivity index (χ1) is 7.34. The second-order valence-corrected chi connectivity index (χ2v) is 3.93. The first-order valence-electron chi connectivity index (χ1n) is 5.02. The van der Waals surface area contributed by atoms with Gasteiger partial charge >= 0.3 is 0 Å². The number of rotatable bonds is 3. The Labute approximate surface area is 93.6 Å². The van der Waals surface area contributed by atoms with Gasteiger partial charge in [-0.25, -0.2) is 0 Å². The molecule has 4 nitrogen and oxygen atoms in total. The number of halogens is 1. The highest BCUT2D eigenvalue weighted by Gasteiger charge is 2.14. The Bertz CT molecular complexity index is 316. The molecule has 1 saturated heterocycles. The van der Waals surface area contributed by atoms with Crippen LogP contribution in [0.1, 0.15) is 12.8 Å². The maximum atomic E-state index is 5.69. The summed E-state index contributed by atoms with van der Waals surface area (Å²) in [5.74, 6) is 1.05. The van der Waals surface area contributed by atoms with Crippen LogP contribution < -0.4 is 4.74 Å². The molecular formula is C10H13ClN2O2. The molecule has 0 saturated carbocycles. The molecule has 1 aliphatic heterocycles. The minimum atomic E-state index is 0.361. The summed E-state index contributed by atoms with van der Waals surface area (Å²) in [5, 5.41) is 0.361. The highest BCUT2D eigenvalue weighted by molar-refractivity contribution is 6.29. The van der Waals surface area contributed by atoms with Crippen molar-refractivity contribution in [3.05, 3.63) is 17.5 Å². The van der Waals surface area contributed by atoms with Gasteiger partial charge < -0.3 is 9.47 Å². The van der Waals surface area contributed by atoms with E-state index >= 15 is 0 Å². The Hall–Kier alpha value is -0.870. The van der Waals surface area contributed by atoms with Gasteiger partial charge in [0.15, 0.2) is 5.15 Å². The Kier molecular flexibility index (Phi) is 3.75. The monoisotopic (exact) mass is 228 g/mol. The van der Waals surface area contributed by atoms with Gasteiger partial charge in [0.25, 0.3) is 0 Å². The molecule has 0 aromatic carbocycles. The molecule has 0 amide bonds. The van der Waals surface area contributed by atoms with Gasteiger partial charge in [-0.3, -0.25) is 4.98 Å². The minimum Gasteiger partial charge on any atom is -0.476 e. The van der Waals surface area contributed by atoms with Crippen LogP contribution in [0.25, 0.3) is 0 Å². The lowest BCUT2D eigenvalue weighted by Crippen LogP contribution is -2.21. The van der Waals surface area contributed by atoms with Crippen molar-refractivity contribution in [3.8, 4) is 5.88 Å². The van der Waals surface area contributed by atoms with Gasteiger partial charge in [-0.05, 0) is 18.8 Å². The zero-order valence-electron chi connectivity index (χ0n) is 8.36. The zero-order valence-corrected chi connectivity index (χ0v) is 9.11. The summed E-state index contributed by atoms with van der Waals surface area (Å²) in [7, 11) is 0. The van der Waals surface area contributed by atoms with Crippen LogP contribution >= 0.6 is 11.6 Å². The van der Waals surface area contributed by atoms with Crippen LogP contribution in [0.15, 0.2) is 12.4 Å². The van der Waals surface area contributed by atoms with E-state index < -0.39 is 0 Å². The minimum absolute atomic E-state index is 0.361. The topological polar surface area (TPSA) is 44.2 Å². The lowest BCUT2D eigenvalue weighted by molar-refractivity contribution is 0.0490. The lowest BCUT2D eigenvalue weighted by atomic mass is 10.0. The van der Waals surface area contributed by atoms with Gasteiger partial charge in [0.1, 0.15) is 0 Å². The van der Waals surface area contributed by atoms with E-state index in [0.29, 0.717) is 23.6 Å². The largest absolute Gasteiger partial charge is 0.476 e. The standard InChI is InChI=1S/C10H13ClN2O2/c11-9-5-12-6-10(13-9)15-7-8-1-3-14-4-2-8/h5-6,8H,1-4,7H2. The Morgan fingerprint density at radius 3 is 2.93 bits per heavy atom. The van der Waals surface area contributed by atoms with Crippen molar-refractivity contribution in [2.24, 2.45) is 5.92 Å². The second kappa shape index (κ2) is 5.28. The van der Waals surface area contributed by atoms with E-state index in [1.165, 1.54) is 6.20 Å². The van der Waals surface area contributed by atoms with Crippen LogP contribution in [0.4, 0.5) is 0 Å². The van der Waals surface area contributed by atoms with Crippen molar-refractivity contribution >= 4 is 11.6 Å². The predicted molar refractivity (Wildman–Crippen MR) is 56.1 cm³/mol. The molecule has 2 heterocycles. The molecular weight excluding hydrogens is 216 g/mol. The number of hydrogen-bond donors (Lipinski definition) is 0. The average molecular weight is 229 g/mol. The number of aromatic nitrogens is 2. The Morgan fingerprint density at radius 1 is 1.40 bits per heavy atom. The van der Waals surface area contributed by atoms with Crippen molar-refractivity contribution in [3.63, 3.8) is 0 Å². The van der Waals surface area contributed by atoms with Crippen LogP contribution in [0.2, 0.25) is 5.15 Å². The molecule has 0 bridgehead atoms. The summed E-state index contributed by atoms with van der Waals surface area (Å²) in [5.41, 5.74) is 0. The first kappa shape index (κ1) is 10.6. The summed E-state index contributed by atoms with van der Waals surface area (Å²) < 4.78 is 10.8. The molecule has 1 aromatic rings. The fourth-order valence-electron chi connectivity index (χ4n) is 1.51. The Balaban J connectivity index is 1.81. The third-order valence-corrected chi connectivity index (χ3v) is 2.57. The maximum absolute atomic E-state index is 5.69. The molecule has 0 spiro atoms. The molecule has 5 heteroatoms. The first-order valence-corrected chi connectivity index (χ1v) is 5.40.